The molecule has 1 aromatic rings. The van der Waals surface area contributed by atoms with E-state index < -0.39 is 19.1 Å². The van der Waals surface area contributed by atoms with Crippen LogP contribution in [0.1, 0.15) is 10.4 Å². The first kappa shape index (κ1) is 10.5. The molecule has 16 heavy (non-hydrogen) atoms. The van der Waals surface area contributed by atoms with Gasteiger partial charge in [0, 0.05) is 5.69 Å². The van der Waals surface area contributed by atoms with Crippen LogP contribution in [0.3, 0.4) is 0 Å². The van der Waals surface area contributed by atoms with Gasteiger partial charge in [0.2, 0.25) is 0 Å². The summed E-state index contributed by atoms with van der Waals surface area (Å²) in [5, 5.41) is 14.3. The molecule has 0 saturated heterocycles. The summed E-state index contributed by atoms with van der Waals surface area (Å²) in [7, 11) is 0.215. The van der Waals surface area contributed by atoms with E-state index in [2.05, 4.69) is 15.3 Å². The van der Waals surface area contributed by atoms with Gasteiger partial charge in [0.25, 0.3) is 0 Å². The number of ether oxygens (including phenoxy) is 1. The van der Waals surface area contributed by atoms with Gasteiger partial charge in [-0.1, -0.05) is 6.07 Å². The Morgan fingerprint density at radius 3 is 2.94 bits per heavy atom. The Balaban J connectivity index is 2.41. The van der Waals surface area contributed by atoms with E-state index in [0.717, 1.165) is 0 Å². The van der Waals surface area contributed by atoms with Gasteiger partial charge < -0.3 is 20.3 Å². The van der Waals surface area contributed by atoms with Crippen molar-refractivity contribution in [2.45, 2.75) is 0 Å². The van der Waals surface area contributed by atoms with Crippen molar-refractivity contribution in [1.82, 2.24) is 5.23 Å². The van der Waals surface area contributed by atoms with E-state index in [4.69, 9.17) is 0 Å². The molecule has 0 aliphatic carbocycles. The molecule has 3 N–H and O–H groups in total. The smallest absolute Gasteiger partial charge is 0.452 e. The molecular formula is C9H9BN2O4. The van der Waals surface area contributed by atoms with E-state index in [0.29, 0.717) is 16.7 Å². The summed E-state index contributed by atoms with van der Waals surface area (Å²) in [6, 6.07) is 4.02. The lowest BCUT2D eigenvalue weighted by Crippen LogP contribution is -2.55. The standard InChI is InChI=1S/C9H9BN2O4/c1-16-8(13)5-2-3-6-7(4-5)11-9(14)12-10(6)15/h2-4,15H,1H3,(H2,11,12,14). The quantitative estimate of drug-likeness (QED) is 0.431. The Bertz CT molecular complexity index is 463. The number of hydrogen-bond donors (Lipinski definition) is 3. The van der Waals surface area contributed by atoms with Crippen molar-refractivity contribution < 1.29 is 19.3 Å². The summed E-state index contributed by atoms with van der Waals surface area (Å²) in [4.78, 5) is 22.3. The molecule has 1 aromatic carbocycles. The molecule has 82 valence electrons. The van der Waals surface area contributed by atoms with Crippen LogP contribution in [0.25, 0.3) is 0 Å². The summed E-state index contributed by atoms with van der Waals surface area (Å²) in [6.45, 7) is 0. The number of amides is 2. The minimum Gasteiger partial charge on any atom is -0.465 e. The number of carbonyl (C=O) groups is 2. The minimum atomic E-state index is -1.06. The van der Waals surface area contributed by atoms with Gasteiger partial charge in [0.05, 0.1) is 12.7 Å². The van der Waals surface area contributed by atoms with Crippen molar-refractivity contribution in [3.63, 3.8) is 0 Å². The van der Waals surface area contributed by atoms with Crippen LogP contribution in [0, 0.1) is 0 Å². The second-order valence-corrected chi connectivity index (χ2v) is 3.29. The molecule has 0 radical (unpaired) electrons. The molecule has 2 rings (SSSR count). The first-order valence-corrected chi connectivity index (χ1v) is 4.59. The van der Waals surface area contributed by atoms with E-state index in [1.54, 1.807) is 6.07 Å². The summed E-state index contributed by atoms with van der Waals surface area (Å²) in [5.74, 6) is -0.495. The normalized spacial score (nSPS) is 13.6. The molecule has 1 aliphatic heterocycles. The maximum Gasteiger partial charge on any atom is 0.452 e. The fourth-order valence-corrected chi connectivity index (χ4v) is 1.51. The van der Waals surface area contributed by atoms with Crippen molar-refractivity contribution in [3.05, 3.63) is 23.8 Å². The summed E-state index contributed by atoms with van der Waals surface area (Å²) >= 11 is 0. The molecule has 6 nitrogen and oxygen atoms in total. The highest BCUT2D eigenvalue weighted by Gasteiger charge is 2.27. The predicted octanol–water partition coefficient (Wildman–Crippen LogP) is -0.704. The Hall–Kier alpha value is -2.02. The summed E-state index contributed by atoms with van der Waals surface area (Å²) < 4.78 is 4.55. The lowest BCUT2D eigenvalue weighted by molar-refractivity contribution is 0.0600. The van der Waals surface area contributed by atoms with Crippen LogP contribution in [-0.2, 0) is 4.74 Å². The topological polar surface area (TPSA) is 87.7 Å². The Labute approximate surface area is 91.7 Å². The highest BCUT2D eigenvalue weighted by atomic mass is 16.5. The van der Waals surface area contributed by atoms with Crippen LogP contribution in [0.4, 0.5) is 10.5 Å². The molecule has 0 aromatic heterocycles. The fourth-order valence-electron chi connectivity index (χ4n) is 1.51. The number of benzene rings is 1. The number of hydrogen-bond acceptors (Lipinski definition) is 4. The van der Waals surface area contributed by atoms with E-state index in [1.807, 2.05) is 0 Å². The minimum absolute atomic E-state index is 0.315. The van der Waals surface area contributed by atoms with Crippen LogP contribution in [0.5, 0.6) is 0 Å². The SMILES string of the molecule is COC(=O)c1ccc2c(c1)NC(=O)NB2O. The van der Waals surface area contributed by atoms with Crippen molar-refractivity contribution >= 4 is 30.2 Å². The number of methoxy groups -OCH3 is 1. The maximum absolute atomic E-state index is 11.2. The number of carbonyl (C=O) groups excluding carboxylic acids is 2. The van der Waals surface area contributed by atoms with Gasteiger partial charge in [-0.3, -0.25) is 0 Å². The number of urea groups is 1. The molecule has 1 aliphatic rings. The van der Waals surface area contributed by atoms with Crippen LogP contribution in [0.2, 0.25) is 0 Å². The number of anilines is 1. The maximum atomic E-state index is 11.2. The molecule has 2 amide bonds. The molecule has 0 bridgehead atoms. The third-order valence-corrected chi connectivity index (χ3v) is 2.28. The van der Waals surface area contributed by atoms with Crippen LogP contribution in [0.15, 0.2) is 18.2 Å². The lowest BCUT2D eigenvalue weighted by Gasteiger charge is -2.20. The third-order valence-electron chi connectivity index (χ3n) is 2.28. The number of rotatable bonds is 1. The number of esters is 1. The largest absolute Gasteiger partial charge is 0.465 e. The molecule has 0 spiro atoms. The van der Waals surface area contributed by atoms with E-state index >= 15 is 0 Å². The van der Waals surface area contributed by atoms with Gasteiger partial charge in [0.15, 0.2) is 0 Å². The van der Waals surface area contributed by atoms with Crippen molar-refractivity contribution in [2.75, 3.05) is 12.4 Å². The second kappa shape index (κ2) is 3.86. The van der Waals surface area contributed by atoms with Gasteiger partial charge in [-0.2, -0.15) is 0 Å². The van der Waals surface area contributed by atoms with Crippen molar-refractivity contribution in [3.8, 4) is 0 Å². The zero-order chi connectivity index (χ0) is 11.7. The van der Waals surface area contributed by atoms with Gasteiger partial charge >= 0.3 is 19.1 Å². The van der Waals surface area contributed by atoms with Crippen LogP contribution in [-0.4, -0.2) is 31.2 Å². The summed E-state index contributed by atoms with van der Waals surface area (Å²) in [5.41, 5.74) is 1.22. The first-order valence-electron chi connectivity index (χ1n) is 4.59. The Kier molecular flexibility index (Phi) is 2.53. The average Bonchev–Trinajstić information content (AvgIpc) is 2.27. The Morgan fingerprint density at radius 1 is 1.50 bits per heavy atom. The monoisotopic (exact) mass is 220 g/mol. The summed E-state index contributed by atoms with van der Waals surface area (Å²) in [6.07, 6.45) is 0. The lowest BCUT2D eigenvalue weighted by atomic mass is 9.71. The highest BCUT2D eigenvalue weighted by molar-refractivity contribution is 6.69. The van der Waals surface area contributed by atoms with E-state index in [1.165, 1.54) is 19.2 Å². The van der Waals surface area contributed by atoms with E-state index in [-0.39, 0.29) is 0 Å². The molecule has 0 atom stereocenters. The van der Waals surface area contributed by atoms with Gasteiger partial charge in [0.1, 0.15) is 0 Å². The zero-order valence-corrected chi connectivity index (χ0v) is 8.48. The van der Waals surface area contributed by atoms with E-state index in [9.17, 15) is 14.6 Å². The number of fused-ring (bicyclic) bond motifs is 1. The predicted molar refractivity (Wildman–Crippen MR) is 57.5 cm³/mol. The fraction of sp³-hybridized carbons (Fsp3) is 0.111. The first-order chi connectivity index (χ1) is 7.61. The molecule has 0 unspecified atom stereocenters. The van der Waals surface area contributed by atoms with Crippen LogP contribution >= 0.6 is 0 Å². The molecule has 7 heteroatoms. The molecule has 0 saturated carbocycles. The highest BCUT2D eigenvalue weighted by Crippen LogP contribution is 2.12. The van der Waals surface area contributed by atoms with Crippen molar-refractivity contribution in [2.24, 2.45) is 0 Å². The second-order valence-electron chi connectivity index (χ2n) is 3.29. The third kappa shape index (κ3) is 1.72. The molecule has 0 fully saturated rings. The van der Waals surface area contributed by atoms with Crippen LogP contribution < -0.4 is 16.0 Å². The molecule has 1 heterocycles. The van der Waals surface area contributed by atoms with Gasteiger partial charge in [-0.05, 0) is 17.6 Å². The Morgan fingerprint density at radius 2 is 2.25 bits per heavy atom. The average molecular weight is 220 g/mol. The van der Waals surface area contributed by atoms with Gasteiger partial charge in [-0.15, -0.1) is 0 Å². The number of nitrogens with one attached hydrogen (secondary N) is 2. The molecular weight excluding hydrogens is 211 g/mol. The van der Waals surface area contributed by atoms with Crippen molar-refractivity contribution in [1.29, 1.82) is 0 Å². The van der Waals surface area contributed by atoms with Gasteiger partial charge in [-0.25, -0.2) is 9.59 Å². The zero-order valence-electron chi connectivity index (χ0n) is 8.48.